The van der Waals surface area contributed by atoms with Crippen LogP contribution in [0.1, 0.15) is 36.6 Å². The van der Waals surface area contributed by atoms with Gasteiger partial charge in [0.15, 0.2) is 17.7 Å². The van der Waals surface area contributed by atoms with Gasteiger partial charge in [0.05, 0.1) is 12.2 Å². The minimum absolute atomic E-state index is 0. The number of ether oxygens (including phenoxy) is 2. The summed E-state index contributed by atoms with van der Waals surface area (Å²) in [7, 11) is 0. The molecule has 0 aliphatic rings. The Hall–Kier alpha value is -2.71. The molecule has 0 spiro atoms. The van der Waals surface area contributed by atoms with Crippen molar-refractivity contribution in [2.24, 2.45) is 5.73 Å². The number of carbonyl (C=O) groups excluding carboxylic acids is 1. The van der Waals surface area contributed by atoms with Crippen LogP contribution >= 0.6 is 12.4 Å². The first-order chi connectivity index (χ1) is 13.4. The Balaban J connectivity index is 0.00000420. The molecule has 0 bridgehead atoms. The van der Waals surface area contributed by atoms with Crippen LogP contribution in [0.15, 0.2) is 36.4 Å². The molecule has 2 rings (SSSR count). The summed E-state index contributed by atoms with van der Waals surface area (Å²) in [5.74, 6) is -2.73. The molecule has 0 radical (unpaired) electrons. The summed E-state index contributed by atoms with van der Waals surface area (Å²) in [4.78, 5) is 12.6. The SMILES string of the molecule is CCOc1ccc(F)c([C@H](OCC)C(=O)NCc2ccc(C(=N)N)cc2)c1F.Cl. The van der Waals surface area contributed by atoms with Gasteiger partial charge in [0.25, 0.3) is 5.91 Å². The molecule has 0 unspecified atom stereocenters. The Labute approximate surface area is 174 Å². The zero-order valence-corrected chi connectivity index (χ0v) is 16.9. The van der Waals surface area contributed by atoms with Gasteiger partial charge in [0, 0.05) is 18.7 Å². The smallest absolute Gasteiger partial charge is 0.254 e. The Morgan fingerprint density at radius 1 is 1.14 bits per heavy atom. The third-order valence-electron chi connectivity index (χ3n) is 3.96. The molecule has 6 nitrogen and oxygen atoms in total. The molecule has 0 aromatic heterocycles. The first-order valence-corrected chi connectivity index (χ1v) is 8.82. The van der Waals surface area contributed by atoms with E-state index in [2.05, 4.69) is 5.32 Å². The van der Waals surface area contributed by atoms with Crippen LogP contribution in [0, 0.1) is 17.0 Å². The topological polar surface area (TPSA) is 97.4 Å². The van der Waals surface area contributed by atoms with E-state index < -0.39 is 29.2 Å². The maximum atomic E-state index is 14.7. The molecule has 0 saturated heterocycles. The van der Waals surface area contributed by atoms with E-state index in [4.69, 9.17) is 20.6 Å². The number of rotatable bonds is 9. The second-order valence-corrected chi connectivity index (χ2v) is 5.87. The van der Waals surface area contributed by atoms with Crippen molar-refractivity contribution in [3.05, 3.63) is 64.7 Å². The molecule has 0 heterocycles. The van der Waals surface area contributed by atoms with Gasteiger partial charge in [-0.25, -0.2) is 8.78 Å². The van der Waals surface area contributed by atoms with E-state index in [0.29, 0.717) is 5.56 Å². The lowest BCUT2D eigenvalue weighted by Gasteiger charge is -2.19. The van der Waals surface area contributed by atoms with Gasteiger partial charge in [-0.05, 0) is 31.5 Å². The Kier molecular flexibility index (Phi) is 9.50. The average molecular weight is 428 g/mol. The van der Waals surface area contributed by atoms with Crippen LogP contribution in [0.3, 0.4) is 0 Å². The maximum Gasteiger partial charge on any atom is 0.254 e. The third kappa shape index (κ3) is 6.13. The number of halogens is 3. The molecular weight excluding hydrogens is 404 g/mol. The summed E-state index contributed by atoms with van der Waals surface area (Å²) in [6, 6.07) is 8.91. The van der Waals surface area contributed by atoms with Crippen molar-refractivity contribution in [3.8, 4) is 5.75 Å². The van der Waals surface area contributed by atoms with Crippen LogP contribution in [0.4, 0.5) is 8.78 Å². The summed E-state index contributed by atoms with van der Waals surface area (Å²) in [6.07, 6.45) is -1.46. The highest BCUT2D eigenvalue weighted by atomic mass is 35.5. The number of hydrogen-bond donors (Lipinski definition) is 3. The van der Waals surface area contributed by atoms with Gasteiger partial charge < -0.3 is 20.5 Å². The van der Waals surface area contributed by atoms with Crippen LogP contribution in [-0.2, 0) is 16.1 Å². The molecule has 0 aliphatic heterocycles. The Bertz CT molecular complexity index is 848. The van der Waals surface area contributed by atoms with Crippen molar-refractivity contribution in [1.82, 2.24) is 5.32 Å². The number of nitrogen functional groups attached to an aromatic ring is 1. The molecule has 0 saturated carbocycles. The fraction of sp³-hybridized carbons (Fsp3) is 0.300. The second-order valence-electron chi connectivity index (χ2n) is 5.87. The molecule has 1 amide bonds. The quantitative estimate of drug-likeness (QED) is 0.421. The number of benzene rings is 2. The van der Waals surface area contributed by atoms with Crippen molar-refractivity contribution in [2.75, 3.05) is 13.2 Å². The van der Waals surface area contributed by atoms with Crippen LogP contribution in [0.5, 0.6) is 5.75 Å². The summed E-state index contributed by atoms with van der Waals surface area (Å²) in [5, 5.41) is 9.99. The number of nitrogens with two attached hydrogens (primary N) is 1. The van der Waals surface area contributed by atoms with E-state index >= 15 is 0 Å². The molecule has 2 aromatic carbocycles. The van der Waals surface area contributed by atoms with Gasteiger partial charge >= 0.3 is 0 Å². The van der Waals surface area contributed by atoms with Crippen molar-refractivity contribution in [3.63, 3.8) is 0 Å². The average Bonchev–Trinajstić information content (AvgIpc) is 2.68. The van der Waals surface area contributed by atoms with Crippen LogP contribution < -0.4 is 15.8 Å². The van der Waals surface area contributed by atoms with E-state index in [-0.39, 0.29) is 43.8 Å². The molecule has 9 heteroatoms. The maximum absolute atomic E-state index is 14.7. The number of carbonyl (C=O) groups is 1. The van der Waals surface area contributed by atoms with E-state index in [0.717, 1.165) is 11.6 Å². The summed E-state index contributed by atoms with van der Waals surface area (Å²) in [5.41, 5.74) is 6.20. The van der Waals surface area contributed by atoms with Crippen molar-refractivity contribution < 1.29 is 23.0 Å². The molecule has 29 heavy (non-hydrogen) atoms. The minimum atomic E-state index is -1.46. The first kappa shape index (κ1) is 24.3. The largest absolute Gasteiger partial charge is 0.491 e. The van der Waals surface area contributed by atoms with Gasteiger partial charge in [-0.1, -0.05) is 24.3 Å². The number of amidine groups is 1. The van der Waals surface area contributed by atoms with Crippen LogP contribution in [-0.4, -0.2) is 25.0 Å². The van der Waals surface area contributed by atoms with Crippen LogP contribution in [0.25, 0.3) is 0 Å². The van der Waals surface area contributed by atoms with E-state index in [9.17, 15) is 13.6 Å². The zero-order valence-electron chi connectivity index (χ0n) is 16.1. The Morgan fingerprint density at radius 2 is 1.79 bits per heavy atom. The van der Waals surface area contributed by atoms with Crippen molar-refractivity contribution >= 4 is 24.1 Å². The highest BCUT2D eigenvalue weighted by Gasteiger charge is 2.29. The number of nitrogens with one attached hydrogen (secondary N) is 2. The molecule has 0 aliphatic carbocycles. The van der Waals surface area contributed by atoms with Gasteiger partial charge in [0.2, 0.25) is 0 Å². The second kappa shape index (κ2) is 11.3. The van der Waals surface area contributed by atoms with E-state index in [1.54, 1.807) is 38.1 Å². The van der Waals surface area contributed by atoms with Crippen molar-refractivity contribution in [1.29, 1.82) is 5.41 Å². The molecule has 0 fully saturated rings. The van der Waals surface area contributed by atoms with Gasteiger partial charge in [-0.15, -0.1) is 12.4 Å². The van der Waals surface area contributed by atoms with E-state index in [1.807, 2.05) is 0 Å². The lowest BCUT2D eigenvalue weighted by Crippen LogP contribution is -2.31. The molecule has 2 aromatic rings. The highest BCUT2D eigenvalue weighted by Crippen LogP contribution is 2.30. The lowest BCUT2D eigenvalue weighted by molar-refractivity contribution is -0.133. The normalized spacial score (nSPS) is 11.3. The summed E-state index contributed by atoms with van der Waals surface area (Å²) in [6.45, 7) is 3.71. The monoisotopic (exact) mass is 427 g/mol. The van der Waals surface area contributed by atoms with Crippen LogP contribution in [0.2, 0.25) is 0 Å². The third-order valence-corrected chi connectivity index (χ3v) is 3.96. The number of hydrogen-bond acceptors (Lipinski definition) is 4. The number of amides is 1. The first-order valence-electron chi connectivity index (χ1n) is 8.82. The molecule has 4 N–H and O–H groups in total. The lowest BCUT2D eigenvalue weighted by atomic mass is 10.1. The fourth-order valence-corrected chi connectivity index (χ4v) is 2.60. The zero-order chi connectivity index (χ0) is 20.7. The standard InChI is InChI=1S/C20H23F2N3O3.ClH/c1-3-27-15-10-9-14(21)16(17(15)22)18(28-4-2)20(26)25-11-12-5-7-13(8-6-12)19(23)24;/h5-10,18H,3-4,11H2,1-2H3,(H3,23,24)(H,25,26);1H/t18-;/m0./s1. The van der Waals surface area contributed by atoms with Crippen molar-refractivity contribution in [2.45, 2.75) is 26.5 Å². The fourth-order valence-electron chi connectivity index (χ4n) is 2.60. The molecule has 1 atom stereocenters. The van der Waals surface area contributed by atoms with E-state index in [1.165, 1.54) is 6.07 Å². The summed E-state index contributed by atoms with van der Waals surface area (Å²) < 4.78 is 39.5. The predicted molar refractivity (Wildman–Crippen MR) is 108 cm³/mol. The Morgan fingerprint density at radius 3 is 2.34 bits per heavy atom. The minimum Gasteiger partial charge on any atom is -0.491 e. The van der Waals surface area contributed by atoms with Gasteiger partial charge in [0.1, 0.15) is 11.7 Å². The van der Waals surface area contributed by atoms with Gasteiger partial charge in [-0.2, -0.15) is 0 Å². The predicted octanol–water partition coefficient (Wildman–Crippen LogP) is 3.46. The summed E-state index contributed by atoms with van der Waals surface area (Å²) >= 11 is 0. The molecular formula is C20H24ClF2N3O3. The molecule has 158 valence electrons. The highest BCUT2D eigenvalue weighted by molar-refractivity contribution is 5.94. The van der Waals surface area contributed by atoms with Gasteiger partial charge in [-0.3, -0.25) is 10.2 Å².